The Labute approximate surface area is 257 Å². The van der Waals surface area contributed by atoms with Gasteiger partial charge in [0.15, 0.2) is 12.0 Å². The van der Waals surface area contributed by atoms with Gasteiger partial charge in [0.2, 0.25) is 5.75 Å². The zero-order chi connectivity index (χ0) is 31.0. The van der Waals surface area contributed by atoms with Crippen LogP contribution in [0.4, 0.5) is 16.0 Å². The first-order valence-electron chi connectivity index (χ1n) is 14.0. The van der Waals surface area contributed by atoms with Crippen LogP contribution in [0.25, 0.3) is 16.8 Å². The van der Waals surface area contributed by atoms with Crippen molar-refractivity contribution in [1.82, 2.24) is 29.4 Å². The van der Waals surface area contributed by atoms with E-state index >= 15 is 0 Å². The summed E-state index contributed by atoms with van der Waals surface area (Å²) < 4.78 is 24.8. The molecule has 11 nitrogen and oxygen atoms in total. The topological polar surface area (TPSA) is 107 Å². The molecule has 0 amide bonds. The lowest BCUT2D eigenvalue weighted by Gasteiger charge is -2.39. The van der Waals surface area contributed by atoms with E-state index in [1.165, 1.54) is 24.4 Å². The highest BCUT2D eigenvalue weighted by Gasteiger charge is 2.29. The Bertz CT molecular complexity index is 1690. The largest absolute Gasteiger partial charge is 0.478 e. The molecule has 1 aliphatic rings. The molecule has 0 spiro atoms. The second-order valence-corrected chi connectivity index (χ2v) is 11.7. The smallest absolute Gasteiger partial charge is 0.406 e. The van der Waals surface area contributed by atoms with Gasteiger partial charge in [0.1, 0.15) is 17.6 Å². The number of halogens is 2. The number of rotatable bonds is 9. The lowest BCUT2D eigenvalue weighted by molar-refractivity contribution is -0.390. The average molecular weight is 654 g/mol. The van der Waals surface area contributed by atoms with Crippen LogP contribution in [-0.4, -0.2) is 67.1 Å². The molecule has 0 N–H and O–H groups in total. The summed E-state index contributed by atoms with van der Waals surface area (Å²) in [7, 11) is 3.94. The summed E-state index contributed by atoms with van der Waals surface area (Å²) in [4.78, 5) is 19.5. The van der Waals surface area contributed by atoms with Crippen molar-refractivity contribution in [2.24, 2.45) is 7.05 Å². The maximum absolute atomic E-state index is 14.7. The minimum absolute atomic E-state index is 0.0364. The number of ether oxygens (including phenoxy) is 1. The Hall–Kier alpha value is -4.10. The summed E-state index contributed by atoms with van der Waals surface area (Å²) in [5.41, 5.74) is 4.07. The monoisotopic (exact) mass is 652 g/mol. The van der Waals surface area contributed by atoms with Crippen molar-refractivity contribution in [3.05, 3.63) is 86.5 Å². The Kier molecular flexibility index (Phi) is 8.65. The van der Waals surface area contributed by atoms with Gasteiger partial charge in [-0.05, 0) is 77.4 Å². The molecule has 0 unspecified atom stereocenters. The summed E-state index contributed by atoms with van der Waals surface area (Å²) in [6.45, 7) is 13.8. The quantitative estimate of drug-likeness (QED) is 0.164. The first-order chi connectivity index (χ1) is 20.5. The summed E-state index contributed by atoms with van der Waals surface area (Å²) in [6.07, 6.45) is 4.44. The number of aryl methyl sites for hydroxylation is 2. The number of piperazine rings is 1. The lowest BCUT2D eigenvalue weighted by Crippen LogP contribution is -2.51. The molecule has 4 heterocycles. The normalized spacial score (nSPS) is 16.3. The van der Waals surface area contributed by atoms with Gasteiger partial charge >= 0.3 is 5.82 Å². The number of hydrogen-bond acceptors (Lipinski definition) is 8. The lowest BCUT2D eigenvalue weighted by atomic mass is 9.94. The number of likely N-dealkylation sites (N-methyl/N-ethyl adjacent to an activating group) is 1. The molecule has 3 aromatic heterocycles. The molecule has 1 aliphatic heterocycles. The van der Waals surface area contributed by atoms with Crippen molar-refractivity contribution >= 4 is 33.1 Å². The van der Waals surface area contributed by atoms with Gasteiger partial charge in [-0.3, -0.25) is 9.36 Å². The number of pyridine rings is 1. The Morgan fingerprint density at radius 2 is 2.00 bits per heavy atom. The molecule has 2 atom stereocenters. The predicted octanol–water partition coefficient (Wildman–Crippen LogP) is 5.85. The van der Waals surface area contributed by atoms with Crippen LogP contribution in [0.2, 0.25) is 0 Å². The Balaban J connectivity index is 1.56. The molecule has 1 saturated heterocycles. The highest BCUT2D eigenvalue weighted by molar-refractivity contribution is 9.10. The number of nitrogens with zero attached hydrogens (tertiary/aromatic N) is 8. The minimum Gasteiger partial charge on any atom is -0.478 e. The van der Waals surface area contributed by atoms with E-state index in [-0.39, 0.29) is 11.8 Å². The fourth-order valence-electron chi connectivity index (χ4n) is 5.48. The Morgan fingerprint density at radius 1 is 1.23 bits per heavy atom. The maximum atomic E-state index is 14.7. The fraction of sp³-hybridized carbons (Fsp3) is 0.367. The van der Waals surface area contributed by atoms with Crippen molar-refractivity contribution in [2.75, 3.05) is 31.6 Å². The van der Waals surface area contributed by atoms with E-state index in [1.54, 1.807) is 17.7 Å². The number of aromatic nitrogens is 5. The van der Waals surface area contributed by atoms with Gasteiger partial charge in [-0.25, -0.2) is 4.39 Å². The number of nitro groups is 1. The van der Waals surface area contributed by atoms with Crippen molar-refractivity contribution in [1.29, 1.82) is 0 Å². The highest BCUT2D eigenvalue weighted by Crippen LogP contribution is 2.40. The molecule has 226 valence electrons. The summed E-state index contributed by atoms with van der Waals surface area (Å²) in [6, 6.07) is 6.11. The van der Waals surface area contributed by atoms with Gasteiger partial charge in [-0.15, -0.1) is 0 Å². The molecule has 1 aromatic carbocycles. The fourth-order valence-corrected chi connectivity index (χ4v) is 5.79. The molecule has 0 aliphatic carbocycles. The van der Waals surface area contributed by atoms with E-state index in [2.05, 4.69) is 51.3 Å². The molecular formula is C30H34BrFN8O3. The van der Waals surface area contributed by atoms with E-state index in [9.17, 15) is 14.5 Å². The van der Waals surface area contributed by atoms with Gasteiger partial charge in [0, 0.05) is 80.0 Å². The standard InChI is InChI=1S/C30H34BrFN8O3/c1-7-38-17-26(29(35-38)39-11-10-36(5)15-18(39)2)19(3)25-16-37(6)34-28(25)23-9-8-22(32)13-24(23)20(4)43-27-12-21(31)14-33-30(27)40(41)42/h8-9,12-14,16-18,20H,3,7,10-11,15H2,1-2,4-6H3/t18-,20-/m1/s1. The molecule has 0 bridgehead atoms. The van der Waals surface area contributed by atoms with Gasteiger partial charge in [-0.1, -0.05) is 6.58 Å². The summed E-state index contributed by atoms with van der Waals surface area (Å²) >= 11 is 3.29. The number of hydrogen-bond donors (Lipinski definition) is 0. The van der Waals surface area contributed by atoms with Crippen molar-refractivity contribution in [3.8, 4) is 17.0 Å². The zero-order valence-electron chi connectivity index (χ0n) is 24.8. The third kappa shape index (κ3) is 6.18. The van der Waals surface area contributed by atoms with Gasteiger partial charge < -0.3 is 24.7 Å². The first-order valence-corrected chi connectivity index (χ1v) is 14.8. The first kappa shape index (κ1) is 30.4. The van der Waals surface area contributed by atoms with Gasteiger partial charge in [-0.2, -0.15) is 10.2 Å². The summed E-state index contributed by atoms with van der Waals surface area (Å²) in [5.74, 6) is -0.0696. The van der Waals surface area contributed by atoms with Gasteiger partial charge in [0.25, 0.3) is 0 Å². The predicted molar refractivity (Wildman–Crippen MR) is 167 cm³/mol. The van der Waals surface area contributed by atoms with Crippen LogP contribution in [0.5, 0.6) is 5.75 Å². The second-order valence-electron chi connectivity index (χ2n) is 10.8. The Morgan fingerprint density at radius 3 is 2.70 bits per heavy atom. The molecule has 5 rings (SSSR count). The van der Waals surface area contributed by atoms with Crippen LogP contribution >= 0.6 is 15.9 Å². The van der Waals surface area contributed by atoms with Crippen molar-refractivity contribution < 1.29 is 14.1 Å². The van der Waals surface area contributed by atoms with Crippen LogP contribution in [0.3, 0.4) is 0 Å². The van der Waals surface area contributed by atoms with E-state index in [0.29, 0.717) is 27.8 Å². The average Bonchev–Trinajstić information content (AvgIpc) is 3.56. The highest BCUT2D eigenvalue weighted by atomic mass is 79.9. The molecule has 43 heavy (non-hydrogen) atoms. The molecule has 0 radical (unpaired) electrons. The van der Waals surface area contributed by atoms with E-state index in [4.69, 9.17) is 14.9 Å². The van der Waals surface area contributed by atoms with E-state index < -0.39 is 22.7 Å². The third-order valence-corrected chi connectivity index (χ3v) is 8.06. The van der Waals surface area contributed by atoms with Crippen LogP contribution < -0.4 is 9.64 Å². The van der Waals surface area contributed by atoms with Crippen LogP contribution in [-0.2, 0) is 13.6 Å². The number of benzene rings is 1. The van der Waals surface area contributed by atoms with Crippen LogP contribution in [0.15, 0.2) is 53.9 Å². The van der Waals surface area contributed by atoms with E-state index in [0.717, 1.165) is 42.2 Å². The van der Waals surface area contributed by atoms with Crippen LogP contribution in [0.1, 0.15) is 43.6 Å². The number of anilines is 1. The molecule has 4 aromatic rings. The van der Waals surface area contributed by atoms with Gasteiger partial charge in [0.05, 0.1) is 4.47 Å². The van der Waals surface area contributed by atoms with Crippen molar-refractivity contribution in [3.63, 3.8) is 0 Å². The SMILES string of the molecule is C=C(c1cn(C)nc1-c1ccc(F)cc1[C@@H](C)Oc1cc(Br)cnc1[N+](=O)[O-])c1cn(CC)nc1N1CCN(C)C[C@H]1C. The third-order valence-electron chi connectivity index (χ3n) is 7.63. The molecule has 13 heteroatoms. The summed E-state index contributed by atoms with van der Waals surface area (Å²) in [5, 5.41) is 21.3. The second kappa shape index (κ2) is 12.3. The van der Waals surface area contributed by atoms with E-state index in [1.807, 2.05) is 31.0 Å². The van der Waals surface area contributed by atoms with Crippen LogP contribution in [0, 0.1) is 15.9 Å². The zero-order valence-corrected chi connectivity index (χ0v) is 26.4. The molecule has 0 saturated carbocycles. The molecular weight excluding hydrogens is 619 g/mol. The molecule has 1 fully saturated rings. The van der Waals surface area contributed by atoms with Crippen molar-refractivity contribution in [2.45, 2.75) is 39.5 Å². The minimum atomic E-state index is -0.784. The maximum Gasteiger partial charge on any atom is 0.406 e.